The lowest BCUT2D eigenvalue weighted by Gasteiger charge is -2.06. The Morgan fingerprint density at radius 3 is 2.71 bits per heavy atom. The molecular weight excluding hydrogens is 219 g/mol. The van der Waals surface area contributed by atoms with E-state index in [9.17, 15) is 9.18 Å². The summed E-state index contributed by atoms with van der Waals surface area (Å²) in [7, 11) is 0. The summed E-state index contributed by atoms with van der Waals surface area (Å²) < 4.78 is 13.1. The van der Waals surface area contributed by atoms with Crippen LogP contribution in [0.3, 0.4) is 0 Å². The highest BCUT2D eigenvalue weighted by atomic mass is 19.1. The minimum absolute atomic E-state index is 0.157. The highest BCUT2D eigenvalue weighted by Crippen LogP contribution is 2.17. The summed E-state index contributed by atoms with van der Waals surface area (Å²) in [5.74, 6) is 0.213. The maximum Gasteiger partial charge on any atom is 0.251 e. The third-order valence-corrected chi connectivity index (χ3v) is 2.45. The number of aromatic nitrogens is 2. The first-order valence-electron chi connectivity index (χ1n) is 5.43. The third kappa shape index (κ3) is 2.58. The lowest BCUT2D eigenvalue weighted by Crippen LogP contribution is -2.11. The Hall–Kier alpha value is -1.97. The van der Waals surface area contributed by atoms with Crippen LogP contribution in [-0.4, -0.2) is 9.97 Å². The van der Waals surface area contributed by atoms with E-state index in [1.54, 1.807) is 12.1 Å². The second-order valence-electron chi connectivity index (χ2n) is 4.18. The SMILES string of the molecule is CC(C)c1cc(=O)[nH]c(-c2cccc(F)c2)n1. The highest BCUT2D eigenvalue weighted by Gasteiger charge is 2.07. The van der Waals surface area contributed by atoms with Gasteiger partial charge in [-0.1, -0.05) is 26.0 Å². The van der Waals surface area contributed by atoms with Gasteiger partial charge in [0.2, 0.25) is 0 Å². The fraction of sp³-hybridized carbons (Fsp3) is 0.231. The van der Waals surface area contributed by atoms with Crippen molar-refractivity contribution in [2.45, 2.75) is 19.8 Å². The van der Waals surface area contributed by atoms with Gasteiger partial charge in [-0.2, -0.15) is 0 Å². The Morgan fingerprint density at radius 1 is 1.29 bits per heavy atom. The molecule has 0 atom stereocenters. The van der Waals surface area contributed by atoms with Crippen molar-refractivity contribution in [2.75, 3.05) is 0 Å². The van der Waals surface area contributed by atoms with Crippen molar-refractivity contribution >= 4 is 0 Å². The van der Waals surface area contributed by atoms with Crippen LogP contribution in [0.25, 0.3) is 11.4 Å². The fourth-order valence-electron chi connectivity index (χ4n) is 1.54. The molecule has 0 aliphatic carbocycles. The summed E-state index contributed by atoms with van der Waals surface area (Å²) in [6, 6.07) is 7.47. The van der Waals surface area contributed by atoms with Crippen LogP contribution >= 0.6 is 0 Å². The molecule has 1 N–H and O–H groups in total. The molecule has 0 aliphatic rings. The van der Waals surface area contributed by atoms with E-state index in [1.807, 2.05) is 13.8 Å². The van der Waals surface area contributed by atoms with Gasteiger partial charge >= 0.3 is 0 Å². The number of hydrogen-bond acceptors (Lipinski definition) is 2. The molecule has 88 valence electrons. The average Bonchev–Trinajstić information content (AvgIpc) is 2.28. The van der Waals surface area contributed by atoms with Gasteiger partial charge in [-0.05, 0) is 18.1 Å². The highest BCUT2D eigenvalue weighted by molar-refractivity contribution is 5.54. The summed E-state index contributed by atoms with van der Waals surface area (Å²) in [6.45, 7) is 3.91. The van der Waals surface area contributed by atoms with E-state index in [-0.39, 0.29) is 17.3 Å². The maximum atomic E-state index is 13.1. The molecule has 17 heavy (non-hydrogen) atoms. The minimum atomic E-state index is -0.347. The molecule has 0 amide bonds. The Morgan fingerprint density at radius 2 is 2.06 bits per heavy atom. The van der Waals surface area contributed by atoms with Crippen LogP contribution in [0.15, 0.2) is 35.1 Å². The number of rotatable bonds is 2. The Kier molecular flexibility index (Phi) is 3.04. The predicted octanol–water partition coefficient (Wildman–Crippen LogP) is 2.70. The van der Waals surface area contributed by atoms with Gasteiger partial charge in [-0.15, -0.1) is 0 Å². The van der Waals surface area contributed by atoms with Crippen molar-refractivity contribution in [2.24, 2.45) is 0 Å². The predicted molar refractivity (Wildman–Crippen MR) is 64.3 cm³/mol. The van der Waals surface area contributed by atoms with E-state index in [0.717, 1.165) is 0 Å². The molecule has 1 aromatic heterocycles. The number of nitrogens with zero attached hydrogens (tertiary/aromatic N) is 1. The first-order valence-corrected chi connectivity index (χ1v) is 5.43. The van der Waals surface area contributed by atoms with Crippen LogP contribution in [-0.2, 0) is 0 Å². The topological polar surface area (TPSA) is 45.8 Å². The van der Waals surface area contributed by atoms with Crippen LogP contribution in [0.2, 0.25) is 0 Å². The van der Waals surface area contributed by atoms with Gasteiger partial charge in [0.1, 0.15) is 11.6 Å². The number of hydrogen-bond donors (Lipinski definition) is 1. The van der Waals surface area contributed by atoms with Crippen LogP contribution in [0.4, 0.5) is 4.39 Å². The zero-order valence-electron chi connectivity index (χ0n) is 9.70. The molecule has 0 aliphatic heterocycles. The van der Waals surface area contributed by atoms with Crippen molar-refractivity contribution in [3.05, 3.63) is 52.2 Å². The monoisotopic (exact) mass is 232 g/mol. The first kappa shape index (κ1) is 11.5. The van der Waals surface area contributed by atoms with Crippen LogP contribution in [0, 0.1) is 5.82 Å². The molecule has 2 rings (SSSR count). The largest absolute Gasteiger partial charge is 0.307 e. The van der Waals surface area contributed by atoms with Crippen molar-refractivity contribution < 1.29 is 4.39 Å². The smallest absolute Gasteiger partial charge is 0.251 e. The van der Waals surface area contributed by atoms with Gasteiger partial charge in [0.15, 0.2) is 0 Å². The van der Waals surface area contributed by atoms with Crippen LogP contribution < -0.4 is 5.56 Å². The summed E-state index contributed by atoms with van der Waals surface area (Å²) in [6.07, 6.45) is 0. The molecule has 0 bridgehead atoms. The lowest BCUT2D eigenvalue weighted by atomic mass is 10.1. The van der Waals surface area contributed by atoms with Crippen molar-refractivity contribution in [3.63, 3.8) is 0 Å². The van der Waals surface area contributed by atoms with E-state index in [2.05, 4.69) is 9.97 Å². The van der Waals surface area contributed by atoms with Gasteiger partial charge < -0.3 is 4.98 Å². The van der Waals surface area contributed by atoms with Gasteiger partial charge in [0.25, 0.3) is 5.56 Å². The average molecular weight is 232 g/mol. The number of H-pyrrole nitrogens is 1. The number of aromatic amines is 1. The molecule has 2 aromatic rings. The maximum absolute atomic E-state index is 13.1. The number of halogens is 1. The van der Waals surface area contributed by atoms with Gasteiger partial charge in [0.05, 0.1) is 5.69 Å². The number of benzene rings is 1. The Bertz CT molecular complexity index is 590. The van der Waals surface area contributed by atoms with Gasteiger partial charge in [-0.25, -0.2) is 9.37 Å². The lowest BCUT2D eigenvalue weighted by molar-refractivity contribution is 0.628. The molecule has 1 aromatic carbocycles. The second-order valence-corrected chi connectivity index (χ2v) is 4.18. The molecule has 0 saturated heterocycles. The molecule has 3 nitrogen and oxygen atoms in total. The zero-order chi connectivity index (χ0) is 12.4. The van der Waals surface area contributed by atoms with Gasteiger partial charge in [-0.3, -0.25) is 4.79 Å². The summed E-state index contributed by atoms with van der Waals surface area (Å²) in [5.41, 5.74) is 1.06. The zero-order valence-corrected chi connectivity index (χ0v) is 9.70. The summed E-state index contributed by atoms with van der Waals surface area (Å²) >= 11 is 0. The summed E-state index contributed by atoms with van der Waals surface area (Å²) in [5, 5.41) is 0. The molecule has 4 heteroatoms. The number of nitrogens with one attached hydrogen (secondary N) is 1. The standard InChI is InChI=1S/C13H13FN2O/c1-8(2)11-7-12(17)16-13(15-11)9-4-3-5-10(14)6-9/h3-8H,1-2H3,(H,15,16,17). The van der Waals surface area contributed by atoms with Crippen LogP contribution in [0.5, 0.6) is 0 Å². The third-order valence-electron chi connectivity index (χ3n) is 2.45. The molecule has 0 radical (unpaired) electrons. The molecule has 0 saturated carbocycles. The van der Waals surface area contributed by atoms with E-state index in [4.69, 9.17) is 0 Å². The van der Waals surface area contributed by atoms with E-state index in [1.165, 1.54) is 18.2 Å². The molecule has 0 fully saturated rings. The normalized spacial score (nSPS) is 10.8. The molecule has 0 unspecified atom stereocenters. The summed E-state index contributed by atoms with van der Waals surface area (Å²) in [4.78, 5) is 18.4. The molecule has 0 spiro atoms. The van der Waals surface area contributed by atoms with Gasteiger partial charge in [0, 0.05) is 11.6 Å². The van der Waals surface area contributed by atoms with Crippen molar-refractivity contribution in [3.8, 4) is 11.4 Å². The van der Waals surface area contributed by atoms with Crippen molar-refractivity contribution in [1.82, 2.24) is 9.97 Å². The van der Waals surface area contributed by atoms with Crippen molar-refractivity contribution in [1.29, 1.82) is 0 Å². The molecular formula is C13H13FN2O. The quantitative estimate of drug-likeness (QED) is 0.865. The Balaban J connectivity index is 2.56. The Labute approximate surface area is 98.3 Å². The van der Waals surface area contributed by atoms with Crippen LogP contribution in [0.1, 0.15) is 25.5 Å². The second kappa shape index (κ2) is 4.49. The van der Waals surface area contributed by atoms with E-state index in [0.29, 0.717) is 17.1 Å². The van der Waals surface area contributed by atoms with E-state index < -0.39 is 0 Å². The minimum Gasteiger partial charge on any atom is -0.307 e. The van der Waals surface area contributed by atoms with E-state index >= 15 is 0 Å². The first-order chi connectivity index (χ1) is 8.06. The fourth-order valence-corrected chi connectivity index (χ4v) is 1.54. The molecule has 1 heterocycles.